The van der Waals surface area contributed by atoms with Crippen molar-refractivity contribution < 1.29 is 14.3 Å². The molecule has 0 spiro atoms. The summed E-state index contributed by atoms with van der Waals surface area (Å²) in [6.45, 7) is 4.36. The molecule has 1 N–H and O–H groups in total. The van der Waals surface area contributed by atoms with Gasteiger partial charge in [0.15, 0.2) is 11.5 Å². The van der Waals surface area contributed by atoms with E-state index in [9.17, 15) is 4.79 Å². The topological polar surface area (TPSA) is 50.8 Å². The highest BCUT2D eigenvalue weighted by atomic mass is 16.5. The molecule has 1 aliphatic heterocycles. The Hall–Kier alpha value is -2.01. The molecule has 2 rings (SSSR count). The molecule has 1 saturated heterocycles. The van der Waals surface area contributed by atoms with Gasteiger partial charge in [0.2, 0.25) is 5.91 Å². The van der Waals surface area contributed by atoms with Gasteiger partial charge in [0, 0.05) is 25.7 Å². The molecule has 1 atom stereocenters. The molecule has 1 amide bonds. The van der Waals surface area contributed by atoms with Gasteiger partial charge in [-0.2, -0.15) is 0 Å². The van der Waals surface area contributed by atoms with Crippen LogP contribution in [0.15, 0.2) is 24.3 Å². The van der Waals surface area contributed by atoms with Crippen LogP contribution in [0.2, 0.25) is 0 Å². The van der Waals surface area contributed by atoms with Crippen molar-refractivity contribution in [2.45, 2.75) is 19.4 Å². The van der Waals surface area contributed by atoms with Crippen molar-refractivity contribution in [1.82, 2.24) is 10.2 Å². The molecule has 0 radical (unpaired) electrons. The predicted octanol–water partition coefficient (Wildman–Crippen LogP) is 1.93. The summed E-state index contributed by atoms with van der Waals surface area (Å²) in [5.74, 6) is 1.40. The van der Waals surface area contributed by atoms with Crippen molar-refractivity contribution in [3.05, 3.63) is 29.8 Å². The molecule has 120 valence electrons. The summed E-state index contributed by atoms with van der Waals surface area (Å²) >= 11 is 0. The van der Waals surface area contributed by atoms with Crippen LogP contribution in [-0.4, -0.2) is 50.7 Å². The SMILES string of the molecule is CCOc1ccc(C=CC(=O)N(C)C2CCNC2)cc1OC. The minimum absolute atomic E-state index is 0.0153. The van der Waals surface area contributed by atoms with Crippen LogP contribution >= 0.6 is 0 Å². The van der Waals surface area contributed by atoms with E-state index in [0.29, 0.717) is 18.1 Å². The smallest absolute Gasteiger partial charge is 0.246 e. The van der Waals surface area contributed by atoms with E-state index in [0.717, 1.165) is 25.1 Å². The van der Waals surface area contributed by atoms with Crippen LogP contribution in [0.4, 0.5) is 0 Å². The number of rotatable bonds is 6. The summed E-state index contributed by atoms with van der Waals surface area (Å²) in [5, 5.41) is 3.27. The average molecular weight is 304 g/mol. The van der Waals surface area contributed by atoms with Crippen LogP contribution in [0.25, 0.3) is 6.08 Å². The minimum atomic E-state index is 0.0153. The largest absolute Gasteiger partial charge is 0.493 e. The lowest BCUT2D eigenvalue weighted by Gasteiger charge is -2.22. The van der Waals surface area contributed by atoms with Gasteiger partial charge in [-0.25, -0.2) is 0 Å². The Morgan fingerprint density at radius 3 is 2.91 bits per heavy atom. The fraction of sp³-hybridized carbons (Fsp3) is 0.471. The number of ether oxygens (including phenoxy) is 2. The summed E-state index contributed by atoms with van der Waals surface area (Å²) in [5.41, 5.74) is 0.909. The Morgan fingerprint density at radius 2 is 2.27 bits per heavy atom. The summed E-state index contributed by atoms with van der Waals surface area (Å²) < 4.78 is 10.8. The average Bonchev–Trinajstić information content (AvgIpc) is 3.07. The Labute approximate surface area is 131 Å². The quantitative estimate of drug-likeness (QED) is 0.816. The zero-order valence-corrected chi connectivity index (χ0v) is 13.5. The first-order valence-corrected chi connectivity index (χ1v) is 7.62. The first-order valence-electron chi connectivity index (χ1n) is 7.62. The van der Waals surface area contributed by atoms with Gasteiger partial charge in [0.1, 0.15) is 0 Å². The zero-order chi connectivity index (χ0) is 15.9. The monoisotopic (exact) mass is 304 g/mol. The Morgan fingerprint density at radius 1 is 1.45 bits per heavy atom. The maximum Gasteiger partial charge on any atom is 0.246 e. The van der Waals surface area contributed by atoms with Crippen LogP contribution < -0.4 is 14.8 Å². The molecule has 1 aromatic carbocycles. The first kappa shape index (κ1) is 16.4. The number of nitrogens with zero attached hydrogens (tertiary/aromatic N) is 1. The van der Waals surface area contributed by atoms with Crippen molar-refractivity contribution in [1.29, 1.82) is 0 Å². The van der Waals surface area contributed by atoms with E-state index in [-0.39, 0.29) is 11.9 Å². The number of benzene rings is 1. The molecule has 1 fully saturated rings. The van der Waals surface area contributed by atoms with Crippen molar-refractivity contribution in [2.24, 2.45) is 0 Å². The van der Waals surface area contributed by atoms with Crippen molar-refractivity contribution in [3.8, 4) is 11.5 Å². The van der Waals surface area contributed by atoms with Crippen molar-refractivity contribution in [3.63, 3.8) is 0 Å². The molecule has 1 unspecified atom stereocenters. The molecular weight excluding hydrogens is 280 g/mol. The van der Waals surface area contributed by atoms with E-state index in [1.807, 2.05) is 32.2 Å². The van der Waals surface area contributed by atoms with Crippen LogP contribution in [-0.2, 0) is 4.79 Å². The number of carbonyl (C=O) groups excluding carboxylic acids is 1. The summed E-state index contributed by atoms with van der Waals surface area (Å²) in [6.07, 6.45) is 4.42. The second-order valence-electron chi connectivity index (χ2n) is 5.27. The predicted molar refractivity (Wildman–Crippen MR) is 87.2 cm³/mol. The molecule has 0 saturated carbocycles. The fourth-order valence-corrected chi connectivity index (χ4v) is 2.50. The molecule has 5 nitrogen and oxygen atoms in total. The van der Waals surface area contributed by atoms with Gasteiger partial charge in [-0.3, -0.25) is 4.79 Å². The van der Waals surface area contributed by atoms with Gasteiger partial charge < -0.3 is 19.7 Å². The van der Waals surface area contributed by atoms with Crippen LogP contribution in [0.1, 0.15) is 18.9 Å². The molecule has 0 aliphatic carbocycles. The Balaban J connectivity index is 2.04. The maximum atomic E-state index is 12.2. The lowest BCUT2D eigenvalue weighted by molar-refractivity contribution is -0.126. The van der Waals surface area contributed by atoms with Crippen molar-refractivity contribution in [2.75, 3.05) is 33.9 Å². The molecule has 1 aromatic rings. The second-order valence-corrected chi connectivity index (χ2v) is 5.27. The molecule has 0 aromatic heterocycles. The van der Waals surface area contributed by atoms with E-state index in [1.54, 1.807) is 24.2 Å². The van der Waals surface area contributed by atoms with E-state index < -0.39 is 0 Å². The highest BCUT2D eigenvalue weighted by molar-refractivity contribution is 5.92. The summed E-state index contributed by atoms with van der Waals surface area (Å²) in [7, 11) is 3.46. The third-order valence-electron chi connectivity index (χ3n) is 3.84. The zero-order valence-electron chi connectivity index (χ0n) is 13.5. The summed E-state index contributed by atoms with van der Waals surface area (Å²) in [4.78, 5) is 14.0. The third kappa shape index (κ3) is 4.01. The maximum absolute atomic E-state index is 12.2. The molecular formula is C17H24N2O3. The lowest BCUT2D eigenvalue weighted by Crippen LogP contribution is -2.37. The number of hydrogen-bond donors (Lipinski definition) is 1. The normalized spacial score (nSPS) is 17.7. The van der Waals surface area contributed by atoms with E-state index in [1.165, 1.54) is 0 Å². The molecule has 1 aliphatic rings. The standard InChI is InChI=1S/C17H24N2O3/c1-4-22-15-7-5-13(11-16(15)21-3)6-8-17(20)19(2)14-9-10-18-12-14/h5-8,11,14,18H,4,9-10,12H2,1-3H3. The molecule has 5 heteroatoms. The van der Waals surface area contributed by atoms with E-state index >= 15 is 0 Å². The van der Waals surface area contributed by atoms with Crippen LogP contribution in [0.5, 0.6) is 11.5 Å². The number of likely N-dealkylation sites (N-methyl/N-ethyl adjacent to an activating group) is 1. The van der Waals surface area contributed by atoms with Crippen LogP contribution in [0, 0.1) is 0 Å². The Kier molecular flexibility index (Phi) is 5.83. The number of nitrogens with one attached hydrogen (secondary N) is 1. The van der Waals surface area contributed by atoms with Crippen LogP contribution in [0.3, 0.4) is 0 Å². The number of methoxy groups -OCH3 is 1. The van der Waals surface area contributed by atoms with Gasteiger partial charge >= 0.3 is 0 Å². The fourth-order valence-electron chi connectivity index (χ4n) is 2.50. The second kappa shape index (κ2) is 7.84. The molecule has 1 heterocycles. The van der Waals surface area contributed by atoms with Gasteiger partial charge in [-0.1, -0.05) is 6.07 Å². The first-order chi connectivity index (χ1) is 10.7. The highest BCUT2D eigenvalue weighted by Crippen LogP contribution is 2.28. The van der Waals surface area contributed by atoms with E-state index in [2.05, 4.69) is 5.32 Å². The number of hydrogen-bond acceptors (Lipinski definition) is 4. The number of amides is 1. The van der Waals surface area contributed by atoms with Gasteiger partial charge in [-0.15, -0.1) is 0 Å². The molecule has 22 heavy (non-hydrogen) atoms. The Bertz CT molecular complexity index is 537. The van der Waals surface area contributed by atoms with Gasteiger partial charge in [0.05, 0.1) is 13.7 Å². The van der Waals surface area contributed by atoms with Crippen molar-refractivity contribution >= 4 is 12.0 Å². The number of carbonyl (C=O) groups is 1. The summed E-state index contributed by atoms with van der Waals surface area (Å²) in [6, 6.07) is 5.92. The lowest BCUT2D eigenvalue weighted by atomic mass is 10.1. The van der Waals surface area contributed by atoms with E-state index in [4.69, 9.17) is 9.47 Å². The van der Waals surface area contributed by atoms with Gasteiger partial charge in [0.25, 0.3) is 0 Å². The molecule has 0 bridgehead atoms. The highest BCUT2D eigenvalue weighted by Gasteiger charge is 2.21. The third-order valence-corrected chi connectivity index (χ3v) is 3.84. The van der Waals surface area contributed by atoms with Gasteiger partial charge in [-0.05, 0) is 43.7 Å². The minimum Gasteiger partial charge on any atom is -0.493 e.